The van der Waals surface area contributed by atoms with Crippen LogP contribution in [0.1, 0.15) is 65.9 Å². The molecule has 1 aromatic carbocycles. The minimum absolute atomic E-state index is 0.0639. The molecule has 0 aliphatic carbocycles. The molecule has 2 fully saturated rings. The van der Waals surface area contributed by atoms with Crippen LogP contribution in [0.3, 0.4) is 0 Å². The molecule has 1 aromatic rings. The maximum absolute atomic E-state index is 13.1. The molecule has 2 aliphatic rings. The number of nitrogens with two attached hydrogens (primary N) is 1. The molecule has 1 unspecified atom stereocenters. The van der Waals surface area contributed by atoms with Gasteiger partial charge in [-0.2, -0.15) is 4.99 Å². The van der Waals surface area contributed by atoms with Crippen molar-refractivity contribution in [2.45, 2.75) is 78.4 Å². The number of amidine groups is 1. The summed E-state index contributed by atoms with van der Waals surface area (Å²) in [6.07, 6.45) is 3.69. The van der Waals surface area contributed by atoms with Gasteiger partial charge >= 0.3 is 12.1 Å². The van der Waals surface area contributed by atoms with Gasteiger partial charge in [0.15, 0.2) is 0 Å². The Bertz CT molecular complexity index is 1040. The summed E-state index contributed by atoms with van der Waals surface area (Å²) in [5.74, 6) is 3.23. The first-order valence-electron chi connectivity index (χ1n) is 14.6. The largest absolute Gasteiger partial charge is 0.494 e. The van der Waals surface area contributed by atoms with Gasteiger partial charge in [-0.05, 0) is 70.1 Å². The van der Waals surface area contributed by atoms with Gasteiger partial charge in [0, 0.05) is 37.7 Å². The van der Waals surface area contributed by atoms with Crippen LogP contribution in [0.5, 0.6) is 5.75 Å². The minimum Gasteiger partial charge on any atom is -0.494 e. The van der Waals surface area contributed by atoms with Crippen LogP contribution in [0.15, 0.2) is 29.3 Å². The van der Waals surface area contributed by atoms with Crippen molar-refractivity contribution in [1.29, 1.82) is 0 Å². The summed E-state index contributed by atoms with van der Waals surface area (Å²) in [5, 5.41) is 2.78. The van der Waals surface area contributed by atoms with E-state index in [0.717, 1.165) is 42.7 Å². The van der Waals surface area contributed by atoms with Gasteiger partial charge in [-0.25, -0.2) is 9.59 Å². The van der Waals surface area contributed by atoms with E-state index in [1.807, 2.05) is 38.1 Å². The number of nitrogens with zero attached hydrogens (tertiary/aromatic N) is 3. The van der Waals surface area contributed by atoms with Crippen molar-refractivity contribution in [2.75, 3.05) is 37.9 Å². The summed E-state index contributed by atoms with van der Waals surface area (Å²) >= 11 is 1.71. The SMILES string of the molecule is CC(C)/C(N)=N/C(=O)N1CCC(CCCOc2ccc(CC(NC(=O)OC(C)(C)C)C(=O)N3CCSC3)cc2)CC1. The molecule has 0 radical (unpaired) electrons. The molecule has 2 aliphatic heterocycles. The first kappa shape index (κ1) is 32.6. The molecule has 2 heterocycles. The van der Waals surface area contributed by atoms with Crippen LogP contribution < -0.4 is 15.8 Å². The lowest BCUT2D eigenvalue weighted by Crippen LogP contribution is -2.50. The number of carbonyl (C=O) groups excluding carboxylic acids is 3. The summed E-state index contributed by atoms with van der Waals surface area (Å²) in [6.45, 7) is 12.0. The molecule has 228 valence electrons. The number of nitrogens with one attached hydrogen (secondary N) is 1. The van der Waals surface area contributed by atoms with Crippen molar-refractivity contribution in [3.8, 4) is 5.75 Å². The van der Waals surface area contributed by atoms with Crippen molar-refractivity contribution in [3.63, 3.8) is 0 Å². The zero-order chi connectivity index (χ0) is 30.0. The Morgan fingerprint density at radius 1 is 1.10 bits per heavy atom. The average Bonchev–Trinajstić information content (AvgIpc) is 3.45. The molecule has 0 spiro atoms. The van der Waals surface area contributed by atoms with E-state index in [0.29, 0.717) is 50.3 Å². The molecular weight excluding hydrogens is 542 g/mol. The highest BCUT2D eigenvalue weighted by atomic mass is 32.2. The van der Waals surface area contributed by atoms with Crippen LogP contribution in [-0.2, 0) is 16.0 Å². The van der Waals surface area contributed by atoms with Gasteiger partial charge in [0.05, 0.1) is 12.5 Å². The normalized spacial score (nSPS) is 17.5. The van der Waals surface area contributed by atoms with Gasteiger partial charge in [0.2, 0.25) is 5.91 Å². The van der Waals surface area contributed by atoms with Crippen LogP contribution in [-0.4, -0.2) is 83.2 Å². The van der Waals surface area contributed by atoms with Crippen molar-refractivity contribution in [1.82, 2.24) is 15.1 Å². The summed E-state index contributed by atoms with van der Waals surface area (Å²) in [6, 6.07) is 6.76. The molecule has 4 amide bonds. The molecule has 0 saturated carbocycles. The predicted molar refractivity (Wildman–Crippen MR) is 163 cm³/mol. The van der Waals surface area contributed by atoms with Crippen molar-refractivity contribution >= 4 is 35.6 Å². The number of urea groups is 1. The van der Waals surface area contributed by atoms with E-state index >= 15 is 0 Å². The second-order valence-corrected chi connectivity index (χ2v) is 13.2. The molecule has 3 rings (SSSR count). The second kappa shape index (κ2) is 15.3. The van der Waals surface area contributed by atoms with Crippen molar-refractivity contribution in [3.05, 3.63) is 29.8 Å². The number of carbonyl (C=O) groups is 3. The van der Waals surface area contributed by atoms with E-state index in [1.54, 1.807) is 42.3 Å². The summed E-state index contributed by atoms with van der Waals surface area (Å²) in [7, 11) is 0. The molecular formula is C30H47N5O5S. The number of benzene rings is 1. The van der Waals surface area contributed by atoms with Crippen LogP contribution in [0.25, 0.3) is 0 Å². The smallest absolute Gasteiger partial charge is 0.408 e. The quantitative estimate of drug-likeness (QED) is 0.231. The Kier molecular flexibility index (Phi) is 12.2. The van der Waals surface area contributed by atoms with E-state index in [9.17, 15) is 14.4 Å². The lowest BCUT2D eigenvalue weighted by molar-refractivity contribution is -0.132. The Labute approximate surface area is 248 Å². The first-order valence-corrected chi connectivity index (χ1v) is 15.8. The maximum Gasteiger partial charge on any atom is 0.408 e. The topological polar surface area (TPSA) is 127 Å². The Morgan fingerprint density at radius 3 is 2.37 bits per heavy atom. The molecule has 11 heteroatoms. The summed E-state index contributed by atoms with van der Waals surface area (Å²) in [4.78, 5) is 45.5. The number of ether oxygens (including phenoxy) is 2. The van der Waals surface area contributed by atoms with Gasteiger partial charge in [-0.3, -0.25) is 4.79 Å². The Balaban J connectivity index is 1.42. The van der Waals surface area contributed by atoms with E-state index in [-0.39, 0.29) is 17.9 Å². The van der Waals surface area contributed by atoms with Crippen LogP contribution >= 0.6 is 11.8 Å². The van der Waals surface area contributed by atoms with Gasteiger partial charge in [-0.1, -0.05) is 26.0 Å². The van der Waals surface area contributed by atoms with E-state index in [2.05, 4.69) is 10.3 Å². The molecule has 10 nitrogen and oxygen atoms in total. The number of likely N-dealkylation sites (tertiary alicyclic amines) is 1. The highest BCUT2D eigenvalue weighted by Gasteiger charge is 2.30. The van der Waals surface area contributed by atoms with E-state index in [4.69, 9.17) is 15.2 Å². The molecule has 41 heavy (non-hydrogen) atoms. The highest BCUT2D eigenvalue weighted by Crippen LogP contribution is 2.23. The summed E-state index contributed by atoms with van der Waals surface area (Å²) < 4.78 is 11.4. The van der Waals surface area contributed by atoms with Gasteiger partial charge in [0.1, 0.15) is 23.2 Å². The lowest BCUT2D eigenvalue weighted by Gasteiger charge is -2.30. The molecule has 1 atom stereocenters. The predicted octanol–water partition coefficient (Wildman–Crippen LogP) is 4.66. The van der Waals surface area contributed by atoms with Gasteiger partial charge < -0.3 is 30.3 Å². The molecule has 3 N–H and O–H groups in total. The van der Waals surface area contributed by atoms with Crippen LogP contribution in [0.4, 0.5) is 9.59 Å². The average molecular weight is 590 g/mol. The van der Waals surface area contributed by atoms with Crippen molar-refractivity contribution < 1.29 is 23.9 Å². The number of amides is 4. The van der Waals surface area contributed by atoms with Crippen molar-refractivity contribution in [2.24, 2.45) is 22.6 Å². The maximum atomic E-state index is 13.1. The number of thioether (sulfide) groups is 1. The number of hydrogen-bond acceptors (Lipinski definition) is 6. The molecule has 0 aromatic heterocycles. The fourth-order valence-electron chi connectivity index (χ4n) is 4.70. The summed E-state index contributed by atoms with van der Waals surface area (Å²) in [5.41, 5.74) is 6.12. The number of rotatable bonds is 10. The highest BCUT2D eigenvalue weighted by molar-refractivity contribution is 7.99. The Morgan fingerprint density at radius 2 is 1.78 bits per heavy atom. The molecule has 2 saturated heterocycles. The third kappa shape index (κ3) is 11.1. The fourth-order valence-corrected chi connectivity index (χ4v) is 5.66. The minimum atomic E-state index is -0.698. The number of hydrogen-bond donors (Lipinski definition) is 2. The number of aliphatic imine (C=N–C) groups is 1. The second-order valence-electron chi connectivity index (χ2n) is 12.1. The van der Waals surface area contributed by atoms with E-state index in [1.165, 1.54) is 0 Å². The number of piperidine rings is 1. The van der Waals surface area contributed by atoms with Crippen LogP contribution in [0, 0.1) is 11.8 Å². The van der Waals surface area contributed by atoms with E-state index < -0.39 is 17.7 Å². The van der Waals surface area contributed by atoms with Crippen LogP contribution in [0.2, 0.25) is 0 Å². The fraction of sp³-hybridized carbons (Fsp3) is 0.667. The zero-order valence-electron chi connectivity index (χ0n) is 25.2. The lowest BCUT2D eigenvalue weighted by atomic mass is 9.92. The zero-order valence-corrected chi connectivity index (χ0v) is 26.0. The molecule has 0 bridgehead atoms. The monoisotopic (exact) mass is 589 g/mol. The Hall–Kier alpha value is -2.95. The number of alkyl carbamates (subject to hydrolysis) is 1. The third-order valence-electron chi connectivity index (χ3n) is 7.14. The third-order valence-corrected chi connectivity index (χ3v) is 8.11. The standard InChI is InChI=1S/C30H47N5O5S/c1-21(2)26(31)33-28(37)34-14-12-22(13-15-34)7-6-17-39-24-10-8-23(9-11-24)19-25(27(36)35-16-18-41-20-35)32-29(38)40-30(3,4)5/h8-11,21-22,25H,6-7,12-20H2,1-5H3,(H,32,38)(H2,31,33,37). The first-order chi connectivity index (χ1) is 19.4. The van der Waals surface area contributed by atoms with Gasteiger partial charge in [-0.15, -0.1) is 11.8 Å². The van der Waals surface area contributed by atoms with Gasteiger partial charge in [0.25, 0.3) is 0 Å².